The van der Waals surface area contributed by atoms with Crippen molar-refractivity contribution >= 4 is 5.69 Å². The van der Waals surface area contributed by atoms with Gasteiger partial charge in [-0.05, 0) is 54.6 Å². The summed E-state index contributed by atoms with van der Waals surface area (Å²) in [4.78, 5) is 0. The fourth-order valence-corrected chi connectivity index (χ4v) is 4.01. The maximum atomic E-state index is 3.81. The van der Waals surface area contributed by atoms with Crippen molar-refractivity contribution in [2.24, 2.45) is 17.8 Å². The minimum atomic E-state index is 0.192. The second-order valence-corrected chi connectivity index (χ2v) is 7.67. The van der Waals surface area contributed by atoms with Crippen molar-refractivity contribution in [2.75, 3.05) is 5.32 Å². The van der Waals surface area contributed by atoms with Gasteiger partial charge in [0.1, 0.15) is 0 Å². The Morgan fingerprint density at radius 2 is 1.85 bits per heavy atom. The largest absolute Gasteiger partial charge is 0.382 e. The maximum Gasteiger partial charge on any atom is 0.0380 e. The Hall–Kier alpha value is -1.24. The zero-order valence-corrected chi connectivity index (χ0v) is 13.2. The molecule has 2 aliphatic carbocycles. The molecule has 0 spiro atoms. The first-order valence-electron chi connectivity index (χ1n) is 7.99. The average molecular weight is 269 g/mol. The lowest BCUT2D eigenvalue weighted by Crippen LogP contribution is -2.30. The van der Waals surface area contributed by atoms with E-state index in [0.717, 1.165) is 17.8 Å². The molecule has 108 valence electrons. The molecule has 2 aliphatic rings. The molecule has 4 unspecified atom stereocenters. The first-order chi connectivity index (χ1) is 9.45. The zero-order chi connectivity index (χ0) is 14.3. The highest BCUT2D eigenvalue weighted by Crippen LogP contribution is 2.45. The number of allylic oxidation sites excluding steroid dienone is 2. The second kappa shape index (κ2) is 4.95. The van der Waals surface area contributed by atoms with Gasteiger partial charge in [0.2, 0.25) is 0 Å². The van der Waals surface area contributed by atoms with Gasteiger partial charge in [-0.2, -0.15) is 0 Å². The summed E-state index contributed by atoms with van der Waals surface area (Å²) in [5.74, 6) is 2.47. The lowest BCUT2D eigenvalue weighted by molar-refractivity contribution is 0.399. The summed E-state index contributed by atoms with van der Waals surface area (Å²) in [5, 5.41) is 3.81. The van der Waals surface area contributed by atoms with E-state index in [1.54, 1.807) is 0 Å². The highest BCUT2D eigenvalue weighted by molar-refractivity contribution is 5.54. The first-order valence-corrected chi connectivity index (χ1v) is 7.99. The van der Waals surface area contributed by atoms with Gasteiger partial charge in [0, 0.05) is 11.7 Å². The van der Waals surface area contributed by atoms with Gasteiger partial charge in [-0.25, -0.2) is 0 Å². The van der Waals surface area contributed by atoms with E-state index >= 15 is 0 Å². The average Bonchev–Trinajstić information content (AvgIpc) is 3.00. The van der Waals surface area contributed by atoms with E-state index in [9.17, 15) is 0 Å². The Balaban J connectivity index is 1.77. The Morgan fingerprint density at radius 1 is 1.10 bits per heavy atom. The van der Waals surface area contributed by atoms with Crippen LogP contribution in [0.2, 0.25) is 0 Å². The van der Waals surface area contributed by atoms with Crippen LogP contribution in [0.4, 0.5) is 5.69 Å². The van der Waals surface area contributed by atoms with Crippen LogP contribution in [0.15, 0.2) is 36.4 Å². The Labute approximate surface area is 123 Å². The van der Waals surface area contributed by atoms with Crippen LogP contribution < -0.4 is 5.32 Å². The van der Waals surface area contributed by atoms with E-state index < -0.39 is 0 Å². The molecule has 1 N–H and O–H groups in total. The van der Waals surface area contributed by atoms with Crippen molar-refractivity contribution in [1.82, 2.24) is 0 Å². The number of hydrogen-bond donors (Lipinski definition) is 1. The van der Waals surface area contributed by atoms with Crippen LogP contribution in [-0.4, -0.2) is 6.04 Å². The summed E-state index contributed by atoms with van der Waals surface area (Å²) in [7, 11) is 0. The molecule has 0 radical (unpaired) electrons. The van der Waals surface area contributed by atoms with Gasteiger partial charge in [-0.15, -0.1) is 0 Å². The van der Waals surface area contributed by atoms with Gasteiger partial charge in [-0.3, -0.25) is 0 Å². The van der Waals surface area contributed by atoms with Crippen LogP contribution in [0.3, 0.4) is 0 Å². The normalized spacial score (nSPS) is 29.7. The third-order valence-electron chi connectivity index (χ3n) is 5.09. The van der Waals surface area contributed by atoms with E-state index in [-0.39, 0.29) is 5.41 Å². The highest BCUT2D eigenvalue weighted by atomic mass is 14.9. The summed E-state index contributed by atoms with van der Waals surface area (Å²) >= 11 is 0. The lowest BCUT2D eigenvalue weighted by Gasteiger charge is -2.30. The highest BCUT2D eigenvalue weighted by Gasteiger charge is 2.38. The van der Waals surface area contributed by atoms with Crippen LogP contribution in [0.1, 0.15) is 46.1 Å². The predicted octanol–water partition coefficient (Wildman–Crippen LogP) is 5.00. The van der Waals surface area contributed by atoms with Gasteiger partial charge >= 0.3 is 0 Å². The minimum absolute atomic E-state index is 0.192. The van der Waals surface area contributed by atoms with Crippen LogP contribution in [0.5, 0.6) is 0 Å². The molecule has 4 atom stereocenters. The van der Waals surface area contributed by atoms with E-state index in [2.05, 4.69) is 69.4 Å². The van der Waals surface area contributed by atoms with Crippen molar-refractivity contribution < 1.29 is 0 Å². The summed E-state index contributed by atoms with van der Waals surface area (Å²) in [6.07, 6.45) is 7.63. The van der Waals surface area contributed by atoms with Gasteiger partial charge in [0.05, 0.1) is 0 Å². The molecular formula is C19H27N. The third-order valence-corrected chi connectivity index (χ3v) is 5.09. The topological polar surface area (TPSA) is 12.0 Å². The van der Waals surface area contributed by atoms with E-state index in [1.807, 2.05) is 0 Å². The molecule has 0 heterocycles. The number of benzene rings is 1. The van der Waals surface area contributed by atoms with E-state index in [0.29, 0.717) is 6.04 Å². The molecule has 1 fully saturated rings. The minimum Gasteiger partial charge on any atom is -0.382 e. The summed E-state index contributed by atoms with van der Waals surface area (Å²) in [5.41, 5.74) is 2.93. The van der Waals surface area contributed by atoms with E-state index in [4.69, 9.17) is 0 Å². The second-order valence-electron chi connectivity index (χ2n) is 7.67. The van der Waals surface area contributed by atoms with Crippen molar-refractivity contribution in [3.63, 3.8) is 0 Å². The molecule has 2 bridgehead atoms. The number of nitrogens with one attached hydrogen (secondary N) is 1. The SMILES string of the molecule is CC(Nc1ccccc1C(C)(C)C)C1CC2C=CC1C2. The molecule has 1 aromatic carbocycles. The fraction of sp³-hybridized carbons (Fsp3) is 0.579. The number of rotatable bonds is 3. The number of hydrogen-bond acceptors (Lipinski definition) is 1. The number of anilines is 1. The molecule has 1 aromatic rings. The van der Waals surface area contributed by atoms with Crippen LogP contribution in [0.25, 0.3) is 0 Å². The fourth-order valence-electron chi connectivity index (χ4n) is 4.01. The Kier molecular flexibility index (Phi) is 3.40. The van der Waals surface area contributed by atoms with Crippen molar-refractivity contribution in [3.8, 4) is 0 Å². The van der Waals surface area contributed by atoms with Gasteiger partial charge in [0.25, 0.3) is 0 Å². The first kappa shape index (κ1) is 13.7. The number of fused-ring (bicyclic) bond motifs is 2. The number of para-hydroxylation sites is 1. The molecule has 3 rings (SSSR count). The quantitative estimate of drug-likeness (QED) is 0.762. The van der Waals surface area contributed by atoms with Crippen molar-refractivity contribution in [2.45, 2.75) is 52.0 Å². The standard InChI is InChI=1S/C19H27N/c1-13(16-12-14-9-10-15(16)11-14)20-18-8-6-5-7-17(18)19(2,3)4/h5-10,13-16,20H,11-12H2,1-4H3. The molecular weight excluding hydrogens is 242 g/mol. The van der Waals surface area contributed by atoms with Gasteiger partial charge < -0.3 is 5.32 Å². The van der Waals surface area contributed by atoms with Crippen molar-refractivity contribution in [3.05, 3.63) is 42.0 Å². The third kappa shape index (κ3) is 2.51. The van der Waals surface area contributed by atoms with Gasteiger partial charge in [0.15, 0.2) is 0 Å². The van der Waals surface area contributed by atoms with Crippen LogP contribution in [-0.2, 0) is 5.41 Å². The molecule has 20 heavy (non-hydrogen) atoms. The molecule has 1 nitrogen and oxygen atoms in total. The molecule has 1 saturated carbocycles. The molecule has 1 heteroatoms. The van der Waals surface area contributed by atoms with Crippen LogP contribution in [0, 0.1) is 17.8 Å². The predicted molar refractivity (Wildman–Crippen MR) is 87.1 cm³/mol. The van der Waals surface area contributed by atoms with E-state index in [1.165, 1.54) is 24.1 Å². The summed E-state index contributed by atoms with van der Waals surface area (Å²) in [6, 6.07) is 9.34. The molecule has 0 saturated heterocycles. The van der Waals surface area contributed by atoms with Crippen molar-refractivity contribution in [1.29, 1.82) is 0 Å². The maximum absolute atomic E-state index is 3.81. The van der Waals surface area contributed by atoms with Crippen LogP contribution >= 0.6 is 0 Å². The smallest absolute Gasteiger partial charge is 0.0380 e. The zero-order valence-electron chi connectivity index (χ0n) is 13.2. The summed E-state index contributed by atoms with van der Waals surface area (Å²) < 4.78 is 0. The molecule has 0 amide bonds. The molecule has 0 aromatic heterocycles. The Morgan fingerprint density at radius 3 is 2.45 bits per heavy atom. The molecule has 0 aliphatic heterocycles. The lowest BCUT2D eigenvalue weighted by atomic mass is 9.84. The Bertz CT molecular complexity index is 509. The monoisotopic (exact) mass is 269 g/mol. The summed E-state index contributed by atoms with van der Waals surface area (Å²) in [6.45, 7) is 9.23. The van der Waals surface area contributed by atoms with Gasteiger partial charge in [-0.1, -0.05) is 51.1 Å².